The summed E-state index contributed by atoms with van der Waals surface area (Å²) in [7, 11) is -3.48. The van der Waals surface area contributed by atoms with E-state index < -0.39 is 14.6 Å². The summed E-state index contributed by atoms with van der Waals surface area (Å²) in [5.74, 6) is 0. The highest BCUT2D eigenvalue weighted by molar-refractivity contribution is 7.93. The lowest BCUT2D eigenvalue weighted by Gasteiger charge is -2.26. The largest absolute Gasteiger partial charge is 0.223 e. The van der Waals surface area contributed by atoms with Crippen molar-refractivity contribution in [2.75, 3.05) is 0 Å². The zero-order chi connectivity index (χ0) is 15.5. The molecule has 0 spiro atoms. The van der Waals surface area contributed by atoms with E-state index in [0.29, 0.717) is 11.3 Å². The van der Waals surface area contributed by atoms with Gasteiger partial charge in [-0.3, -0.25) is 0 Å². The van der Waals surface area contributed by atoms with Crippen LogP contribution in [0, 0.1) is 6.92 Å². The molecule has 2 nitrogen and oxygen atoms in total. The third kappa shape index (κ3) is 3.08. The fraction of sp³-hybridized carbons (Fsp3) is 0.222. The van der Waals surface area contributed by atoms with E-state index in [-0.39, 0.29) is 0 Å². The predicted octanol–water partition coefficient (Wildman–Crippen LogP) is 3.96. The summed E-state index contributed by atoms with van der Waals surface area (Å²) in [5, 5.41) is 0. The second kappa shape index (κ2) is 5.86. The third-order valence-corrected chi connectivity index (χ3v) is 6.21. The lowest BCUT2D eigenvalue weighted by Crippen LogP contribution is -2.35. The van der Waals surface area contributed by atoms with Gasteiger partial charge in [0.1, 0.15) is 0 Å². The first kappa shape index (κ1) is 15.5. The molecule has 0 bridgehead atoms. The van der Waals surface area contributed by atoms with Crippen molar-refractivity contribution in [1.29, 1.82) is 0 Å². The Bertz CT molecular complexity index is 716. The molecule has 21 heavy (non-hydrogen) atoms. The molecule has 0 aliphatic heterocycles. The van der Waals surface area contributed by atoms with E-state index in [0.717, 1.165) is 11.1 Å². The highest BCUT2D eigenvalue weighted by Gasteiger charge is 2.37. The van der Waals surface area contributed by atoms with Crippen LogP contribution in [0.1, 0.15) is 18.1 Å². The minimum Gasteiger partial charge on any atom is -0.223 e. The lowest BCUT2D eigenvalue weighted by molar-refractivity contribution is 0.561. The van der Waals surface area contributed by atoms with Crippen LogP contribution in [0.5, 0.6) is 0 Å². The SMILES string of the molecule is C=CC(C)(Cc1ccccc1)S(=O)(=O)c1ccc(C)cc1. The van der Waals surface area contributed by atoms with Crippen LogP contribution >= 0.6 is 0 Å². The molecule has 0 N–H and O–H groups in total. The molecule has 0 aliphatic rings. The Kier molecular flexibility index (Phi) is 4.33. The van der Waals surface area contributed by atoms with E-state index in [4.69, 9.17) is 0 Å². The average Bonchev–Trinajstić information content (AvgIpc) is 2.48. The van der Waals surface area contributed by atoms with Crippen LogP contribution in [0.15, 0.2) is 72.1 Å². The van der Waals surface area contributed by atoms with E-state index in [1.807, 2.05) is 49.4 Å². The highest BCUT2D eigenvalue weighted by Crippen LogP contribution is 2.30. The second-order valence-electron chi connectivity index (χ2n) is 5.50. The van der Waals surface area contributed by atoms with Crippen molar-refractivity contribution in [3.63, 3.8) is 0 Å². The molecule has 1 atom stereocenters. The molecule has 0 aliphatic carbocycles. The molecular formula is C18H20O2S. The Morgan fingerprint density at radius 3 is 2.14 bits per heavy atom. The van der Waals surface area contributed by atoms with E-state index in [1.165, 1.54) is 6.08 Å². The minimum absolute atomic E-state index is 0.339. The maximum atomic E-state index is 12.9. The van der Waals surface area contributed by atoms with E-state index in [1.54, 1.807) is 19.1 Å². The van der Waals surface area contributed by atoms with Crippen LogP contribution in [0.3, 0.4) is 0 Å². The molecule has 0 fully saturated rings. The summed E-state index contributed by atoms with van der Waals surface area (Å²) in [5.41, 5.74) is 2.02. The number of benzene rings is 2. The normalized spacial score (nSPS) is 14.4. The van der Waals surface area contributed by atoms with E-state index in [9.17, 15) is 8.42 Å². The lowest BCUT2D eigenvalue weighted by atomic mass is 10.0. The Morgan fingerprint density at radius 1 is 1.05 bits per heavy atom. The monoisotopic (exact) mass is 300 g/mol. The molecule has 0 saturated carbocycles. The second-order valence-corrected chi connectivity index (χ2v) is 7.91. The molecule has 0 heterocycles. The van der Waals surface area contributed by atoms with Crippen molar-refractivity contribution in [3.8, 4) is 0 Å². The molecule has 1 unspecified atom stereocenters. The summed E-state index contributed by atoms with van der Waals surface area (Å²) < 4.78 is 24.8. The maximum Gasteiger partial charge on any atom is 0.187 e. The van der Waals surface area contributed by atoms with Gasteiger partial charge in [0, 0.05) is 0 Å². The van der Waals surface area contributed by atoms with Gasteiger partial charge in [0.05, 0.1) is 9.64 Å². The molecule has 2 aromatic carbocycles. The Hall–Kier alpha value is -1.87. The summed E-state index contributed by atoms with van der Waals surface area (Å²) in [6.45, 7) is 7.42. The molecule has 110 valence electrons. The van der Waals surface area contributed by atoms with Crippen molar-refractivity contribution in [3.05, 3.63) is 78.4 Å². The van der Waals surface area contributed by atoms with Crippen molar-refractivity contribution < 1.29 is 8.42 Å². The number of aryl methyl sites for hydroxylation is 1. The topological polar surface area (TPSA) is 34.1 Å². The third-order valence-electron chi connectivity index (χ3n) is 3.77. The number of rotatable bonds is 5. The first-order valence-electron chi connectivity index (χ1n) is 6.88. The Balaban J connectivity index is 2.43. The average molecular weight is 300 g/mol. The van der Waals surface area contributed by atoms with Gasteiger partial charge in [-0.15, -0.1) is 6.58 Å². The molecule has 0 aromatic heterocycles. The van der Waals surface area contributed by atoms with Crippen molar-refractivity contribution in [2.24, 2.45) is 0 Å². The molecule has 3 heteroatoms. The van der Waals surface area contributed by atoms with Gasteiger partial charge in [0.25, 0.3) is 0 Å². The summed E-state index contributed by atoms with van der Waals surface area (Å²) in [6.07, 6.45) is 1.95. The zero-order valence-corrected chi connectivity index (χ0v) is 13.2. The Morgan fingerprint density at radius 2 is 1.62 bits per heavy atom. The highest BCUT2D eigenvalue weighted by atomic mass is 32.2. The number of hydrogen-bond acceptors (Lipinski definition) is 2. The van der Waals surface area contributed by atoms with Gasteiger partial charge in [0.2, 0.25) is 0 Å². The smallest absolute Gasteiger partial charge is 0.187 e. The Labute approximate surface area is 127 Å². The first-order valence-corrected chi connectivity index (χ1v) is 8.36. The van der Waals surface area contributed by atoms with Gasteiger partial charge in [-0.05, 0) is 38.0 Å². The quantitative estimate of drug-likeness (QED) is 0.783. The molecule has 0 saturated heterocycles. The van der Waals surface area contributed by atoms with Crippen LogP contribution in [0.2, 0.25) is 0 Å². The van der Waals surface area contributed by atoms with Crippen LogP contribution in [-0.2, 0) is 16.3 Å². The van der Waals surface area contributed by atoms with Crippen LogP contribution in [0.4, 0.5) is 0 Å². The van der Waals surface area contributed by atoms with Crippen molar-refractivity contribution in [2.45, 2.75) is 29.9 Å². The fourth-order valence-corrected chi connectivity index (χ4v) is 3.87. The van der Waals surface area contributed by atoms with Gasteiger partial charge in [0.15, 0.2) is 9.84 Å². The van der Waals surface area contributed by atoms with E-state index >= 15 is 0 Å². The van der Waals surface area contributed by atoms with E-state index in [2.05, 4.69) is 6.58 Å². The standard InChI is InChI=1S/C18H20O2S/c1-4-18(3,14-16-8-6-5-7-9-16)21(19,20)17-12-10-15(2)11-13-17/h4-13H,1,14H2,2-3H3. The minimum atomic E-state index is -3.48. The number of hydrogen-bond donors (Lipinski definition) is 0. The number of sulfone groups is 1. The van der Waals surface area contributed by atoms with Gasteiger partial charge in [-0.2, -0.15) is 0 Å². The van der Waals surface area contributed by atoms with Gasteiger partial charge in [-0.1, -0.05) is 54.1 Å². The maximum absolute atomic E-state index is 12.9. The van der Waals surface area contributed by atoms with Crippen LogP contribution in [0.25, 0.3) is 0 Å². The summed E-state index contributed by atoms with van der Waals surface area (Å²) in [4.78, 5) is 0.339. The fourth-order valence-electron chi connectivity index (χ4n) is 2.26. The van der Waals surface area contributed by atoms with Crippen LogP contribution in [-0.4, -0.2) is 13.2 Å². The van der Waals surface area contributed by atoms with Gasteiger partial charge in [-0.25, -0.2) is 8.42 Å². The molecule has 0 radical (unpaired) electrons. The summed E-state index contributed by atoms with van der Waals surface area (Å²) >= 11 is 0. The molecule has 2 rings (SSSR count). The van der Waals surface area contributed by atoms with Crippen LogP contribution < -0.4 is 0 Å². The predicted molar refractivity (Wildman–Crippen MR) is 87.1 cm³/mol. The first-order chi connectivity index (χ1) is 9.89. The van der Waals surface area contributed by atoms with Gasteiger partial charge >= 0.3 is 0 Å². The molecular weight excluding hydrogens is 280 g/mol. The van der Waals surface area contributed by atoms with Gasteiger partial charge < -0.3 is 0 Å². The van der Waals surface area contributed by atoms with Crippen molar-refractivity contribution >= 4 is 9.84 Å². The molecule has 0 amide bonds. The van der Waals surface area contributed by atoms with Crippen molar-refractivity contribution in [1.82, 2.24) is 0 Å². The molecule has 2 aromatic rings. The zero-order valence-electron chi connectivity index (χ0n) is 12.4. The summed E-state index contributed by atoms with van der Waals surface area (Å²) in [6, 6.07) is 16.6.